The van der Waals surface area contributed by atoms with Crippen molar-refractivity contribution in [2.45, 2.75) is 30.2 Å². The average Bonchev–Trinajstić information content (AvgIpc) is 3.21. The van der Waals surface area contributed by atoms with E-state index in [4.69, 9.17) is 10.5 Å². The van der Waals surface area contributed by atoms with E-state index in [1.807, 2.05) is 31.2 Å². The maximum Gasteiger partial charge on any atom is 0.327 e. The van der Waals surface area contributed by atoms with Gasteiger partial charge in [-0.3, -0.25) is 4.79 Å². The highest BCUT2D eigenvalue weighted by Gasteiger charge is 2.49. The molecule has 0 aliphatic heterocycles. The van der Waals surface area contributed by atoms with Gasteiger partial charge in [-0.05, 0) is 43.9 Å². The molecule has 5 heteroatoms. The minimum absolute atomic E-state index is 0.264. The van der Waals surface area contributed by atoms with Crippen LogP contribution in [0.5, 0.6) is 0 Å². The van der Waals surface area contributed by atoms with Gasteiger partial charge < -0.3 is 10.5 Å². The van der Waals surface area contributed by atoms with Crippen LogP contribution < -0.4 is 5.73 Å². The first-order valence-electron chi connectivity index (χ1n) is 6.40. The normalized spacial score (nSPS) is 17.8. The van der Waals surface area contributed by atoms with E-state index in [0.717, 1.165) is 22.2 Å². The number of rotatable bonds is 6. The molecule has 1 aliphatic rings. The van der Waals surface area contributed by atoms with E-state index in [0.29, 0.717) is 12.4 Å². The van der Waals surface area contributed by atoms with E-state index in [9.17, 15) is 4.79 Å². The van der Waals surface area contributed by atoms with Crippen LogP contribution in [0.1, 0.15) is 19.8 Å². The largest absolute Gasteiger partial charge is 0.465 e. The van der Waals surface area contributed by atoms with Crippen molar-refractivity contribution < 1.29 is 9.53 Å². The van der Waals surface area contributed by atoms with Crippen molar-refractivity contribution in [3.05, 3.63) is 28.7 Å². The monoisotopic (exact) mass is 343 g/mol. The van der Waals surface area contributed by atoms with Gasteiger partial charge in [0.15, 0.2) is 0 Å². The molecule has 1 aliphatic carbocycles. The Morgan fingerprint density at radius 3 is 2.89 bits per heavy atom. The SMILES string of the molecule is CCOC(=O)C(N)(CSc1cccc(Br)c1)C1CC1. The lowest BCUT2D eigenvalue weighted by molar-refractivity contribution is -0.149. The highest BCUT2D eigenvalue weighted by atomic mass is 79.9. The highest BCUT2D eigenvalue weighted by molar-refractivity contribution is 9.10. The zero-order valence-electron chi connectivity index (χ0n) is 10.9. The van der Waals surface area contributed by atoms with Crippen LogP contribution in [0.25, 0.3) is 0 Å². The van der Waals surface area contributed by atoms with Gasteiger partial charge >= 0.3 is 5.97 Å². The van der Waals surface area contributed by atoms with E-state index < -0.39 is 5.54 Å². The molecule has 1 aromatic carbocycles. The van der Waals surface area contributed by atoms with Crippen molar-refractivity contribution in [3.63, 3.8) is 0 Å². The molecule has 1 aromatic rings. The van der Waals surface area contributed by atoms with E-state index in [1.54, 1.807) is 11.8 Å². The second kappa shape index (κ2) is 6.29. The molecule has 0 radical (unpaired) electrons. The summed E-state index contributed by atoms with van der Waals surface area (Å²) in [5.74, 6) is 0.568. The zero-order chi connectivity index (χ0) is 13.9. The lowest BCUT2D eigenvalue weighted by Gasteiger charge is -2.26. The van der Waals surface area contributed by atoms with Gasteiger partial charge in [0, 0.05) is 15.1 Å². The molecule has 0 aromatic heterocycles. The minimum Gasteiger partial charge on any atom is -0.465 e. The number of hydrogen-bond donors (Lipinski definition) is 1. The Labute approximate surface area is 126 Å². The molecule has 0 heterocycles. The Balaban J connectivity index is 2.03. The Morgan fingerprint density at radius 1 is 1.58 bits per heavy atom. The fourth-order valence-electron chi connectivity index (χ4n) is 1.97. The lowest BCUT2D eigenvalue weighted by Crippen LogP contribution is -2.53. The first kappa shape index (κ1) is 14.9. The van der Waals surface area contributed by atoms with Crippen LogP contribution in [0.2, 0.25) is 0 Å². The van der Waals surface area contributed by atoms with Crippen molar-refractivity contribution in [2.75, 3.05) is 12.4 Å². The van der Waals surface area contributed by atoms with E-state index >= 15 is 0 Å². The Hall–Kier alpha value is -0.520. The summed E-state index contributed by atoms with van der Waals surface area (Å²) in [6.07, 6.45) is 2.04. The quantitative estimate of drug-likeness (QED) is 0.636. The predicted molar refractivity (Wildman–Crippen MR) is 81.1 cm³/mol. The number of hydrogen-bond acceptors (Lipinski definition) is 4. The van der Waals surface area contributed by atoms with Gasteiger partial charge in [0.2, 0.25) is 0 Å². The summed E-state index contributed by atoms with van der Waals surface area (Å²) in [5.41, 5.74) is 5.47. The number of thioether (sulfide) groups is 1. The molecular weight excluding hydrogens is 326 g/mol. The second-order valence-corrected chi connectivity index (χ2v) is 6.75. The molecule has 1 fully saturated rings. The number of halogens is 1. The summed E-state index contributed by atoms with van der Waals surface area (Å²) < 4.78 is 6.16. The summed E-state index contributed by atoms with van der Waals surface area (Å²) >= 11 is 5.05. The topological polar surface area (TPSA) is 52.3 Å². The van der Waals surface area contributed by atoms with Gasteiger partial charge in [-0.25, -0.2) is 0 Å². The number of nitrogens with two attached hydrogens (primary N) is 1. The molecule has 19 heavy (non-hydrogen) atoms. The second-order valence-electron chi connectivity index (χ2n) is 4.78. The number of carbonyl (C=O) groups is 1. The van der Waals surface area contributed by atoms with Gasteiger partial charge in [-0.2, -0.15) is 0 Å². The molecule has 0 amide bonds. The summed E-state index contributed by atoms with van der Waals surface area (Å²) in [5, 5.41) is 0. The maximum absolute atomic E-state index is 12.1. The smallest absolute Gasteiger partial charge is 0.327 e. The minimum atomic E-state index is -0.844. The van der Waals surface area contributed by atoms with Crippen LogP contribution in [0, 0.1) is 5.92 Å². The molecule has 1 saturated carbocycles. The van der Waals surface area contributed by atoms with E-state index in [1.165, 1.54) is 0 Å². The van der Waals surface area contributed by atoms with Crippen molar-refractivity contribution in [3.8, 4) is 0 Å². The molecule has 2 N–H and O–H groups in total. The number of esters is 1. The molecule has 0 saturated heterocycles. The first-order chi connectivity index (χ1) is 9.06. The summed E-state index contributed by atoms with van der Waals surface area (Å²) in [4.78, 5) is 13.2. The van der Waals surface area contributed by atoms with Crippen LogP contribution in [0.15, 0.2) is 33.6 Å². The van der Waals surface area contributed by atoms with Crippen LogP contribution >= 0.6 is 27.7 Å². The molecule has 0 spiro atoms. The Bertz CT molecular complexity index is 465. The van der Waals surface area contributed by atoms with Crippen LogP contribution in [-0.2, 0) is 9.53 Å². The van der Waals surface area contributed by atoms with E-state index in [2.05, 4.69) is 15.9 Å². The van der Waals surface area contributed by atoms with Gasteiger partial charge in [0.1, 0.15) is 5.54 Å². The number of benzene rings is 1. The standard InChI is InChI=1S/C14H18BrNO2S/c1-2-18-13(17)14(16,10-6-7-10)9-19-12-5-3-4-11(15)8-12/h3-5,8,10H,2,6-7,9,16H2,1H3. The number of ether oxygens (including phenoxy) is 1. The van der Waals surface area contributed by atoms with Crippen LogP contribution in [0.4, 0.5) is 0 Å². The average molecular weight is 344 g/mol. The Morgan fingerprint density at radius 2 is 2.32 bits per heavy atom. The molecule has 3 nitrogen and oxygen atoms in total. The van der Waals surface area contributed by atoms with Crippen molar-refractivity contribution >= 4 is 33.7 Å². The van der Waals surface area contributed by atoms with Crippen molar-refractivity contribution in [1.82, 2.24) is 0 Å². The maximum atomic E-state index is 12.1. The zero-order valence-corrected chi connectivity index (χ0v) is 13.3. The molecular formula is C14H18BrNO2S. The fraction of sp³-hybridized carbons (Fsp3) is 0.500. The third-order valence-electron chi connectivity index (χ3n) is 3.24. The van der Waals surface area contributed by atoms with Gasteiger partial charge in [0.05, 0.1) is 6.61 Å². The molecule has 104 valence electrons. The van der Waals surface area contributed by atoms with Crippen LogP contribution in [-0.4, -0.2) is 23.9 Å². The Kier molecular flexibility index (Phi) is 4.92. The predicted octanol–water partition coefficient (Wildman–Crippen LogP) is 3.21. The van der Waals surface area contributed by atoms with Gasteiger partial charge in [-0.15, -0.1) is 11.8 Å². The van der Waals surface area contributed by atoms with Crippen molar-refractivity contribution in [2.24, 2.45) is 11.7 Å². The van der Waals surface area contributed by atoms with Gasteiger partial charge in [0.25, 0.3) is 0 Å². The highest BCUT2D eigenvalue weighted by Crippen LogP contribution is 2.41. The van der Waals surface area contributed by atoms with Crippen LogP contribution in [0.3, 0.4) is 0 Å². The third kappa shape index (κ3) is 3.74. The van der Waals surface area contributed by atoms with Gasteiger partial charge in [-0.1, -0.05) is 22.0 Å². The summed E-state index contributed by atoms with van der Waals surface area (Å²) in [6, 6.07) is 8.01. The summed E-state index contributed by atoms with van der Waals surface area (Å²) in [7, 11) is 0. The summed E-state index contributed by atoms with van der Waals surface area (Å²) in [6.45, 7) is 2.19. The third-order valence-corrected chi connectivity index (χ3v) is 4.94. The first-order valence-corrected chi connectivity index (χ1v) is 8.18. The molecule has 1 unspecified atom stereocenters. The fourth-order valence-corrected chi connectivity index (χ4v) is 3.66. The van der Waals surface area contributed by atoms with Crippen molar-refractivity contribution in [1.29, 1.82) is 0 Å². The lowest BCUT2D eigenvalue weighted by atomic mass is 9.97. The number of carbonyl (C=O) groups excluding carboxylic acids is 1. The molecule has 1 atom stereocenters. The molecule has 2 rings (SSSR count). The molecule has 0 bridgehead atoms. The van der Waals surface area contributed by atoms with E-state index in [-0.39, 0.29) is 11.9 Å².